The van der Waals surface area contributed by atoms with Gasteiger partial charge in [-0.05, 0) is 45.8 Å². The van der Waals surface area contributed by atoms with Gasteiger partial charge in [0.25, 0.3) is 11.8 Å². The molecule has 0 saturated carbocycles. The van der Waals surface area contributed by atoms with Crippen LogP contribution >= 0.6 is 39.1 Å². The van der Waals surface area contributed by atoms with E-state index in [9.17, 15) is 15.0 Å². The number of nitrogens with one attached hydrogen (secondary N) is 2. The SMILES string of the molecule is CN/C=C(\C=N)c1cc(Cl)c(C(=O)N2COc3c(Br)cccc3C2(O)O)c(Cl)c1. The topological polar surface area (TPSA) is 106 Å². The van der Waals surface area contributed by atoms with Gasteiger partial charge in [-0.25, -0.2) is 4.90 Å². The van der Waals surface area contributed by atoms with Crippen molar-refractivity contribution < 1.29 is 19.7 Å². The maximum atomic E-state index is 13.1. The van der Waals surface area contributed by atoms with Crippen LogP contribution in [0.15, 0.2) is 41.0 Å². The molecule has 0 fully saturated rings. The van der Waals surface area contributed by atoms with Gasteiger partial charge in [-0.3, -0.25) is 4.79 Å². The highest BCUT2D eigenvalue weighted by Gasteiger charge is 2.45. The van der Waals surface area contributed by atoms with Gasteiger partial charge in [0.05, 0.1) is 25.6 Å². The van der Waals surface area contributed by atoms with Crippen LogP contribution in [-0.2, 0) is 5.91 Å². The van der Waals surface area contributed by atoms with Crippen molar-refractivity contribution in [2.75, 3.05) is 13.8 Å². The van der Waals surface area contributed by atoms with Gasteiger partial charge in [-0.1, -0.05) is 29.3 Å². The van der Waals surface area contributed by atoms with Gasteiger partial charge in [0.2, 0.25) is 0 Å². The normalized spacial score (nSPS) is 15.4. The van der Waals surface area contributed by atoms with E-state index in [-0.39, 0.29) is 26.9 Å². The summed E-state index contributed by atoms with van der Waals surface area (Å²) in [5.41, 5.74) is 0.900. The third-order valence-electron chi connectivity index (χ3n) is 4.33. The summed E-state index contributed by atoms with van der Waals surface area (Å²) in [5.74, 6) is -3.23. The number of ether oxygens (including phenoxy) is 1. The quantitative estimate of drug-likeness (QED) is 0.379. The van der Waals surface area contributed by atoms with Crippen LogP contribution in [-0.4, -0.2) is 41.0 Å². The molecule has 0 aliphatic carbocycles. The summed E-state index contributed by atoms with van der Waals surface area (Å²) in [6.45, 7) is -0.429. The number of para-hydroxylation sites is 1. The molecule has 0 bridgehead atoms. The number of allylic oxidation sites excluding steroid dienone is 1. The molecule has 152 valence electrons. The maximum Gasteiger partial charge on any atom is 0.284 e. The van der Waals surface area contributed by atoms with Crippen molar-refractivity contribution in [1.29, 1.82) is 5.41 Å². The molecule has 10 heteroatoms. The van der Waals surface area contributed by atoms with Crippen molar-refractivity contribution in [2.45, 2.75) is 5.91 Å². The predicted molar refractivity (Wildman–Crippen MR) is 114 cm³/mol. The standard InChI is InChI=1S/C19H16BrCl2N3O4/c1-24-8-11(7-23)10-5-14(21)16(15(22)6-10)18(26)25-9-29-17-12(19(25,27)28)3-2-4-13(17)20/h2-8,23-24,27-28H,9H2,1H3/b11-8+,23-7?. The Kier molecular flexibility index (Phi) is 6.21. The van der Waals surface area contributed by atoms with E-state index in [1.807, 2.05) is 0 Å². The van der Waals surface area contributed by atoms with Crippen LogP contribution in [0.3, 0.4) is 0 Å². The Morgan fingerprint density at radius 2 is 2.00 bits per heavy atom. The lowest BCUT2D eigenvalue weighted by atomic mass is 10.0. The Morgan fingerprint density at radius 3 is 2.59 bits per heavy atom. The fourth-order valence-electron chi connectivity index (χ4n) is 2.93. The van der Waals surface area contributed by atoms with Crippen LogP contribution in [0.4, 0.5) is 0 Å². The average Bonchev–Trinajstić information content (AvgIpc) is 2.66. The Hall–Kier alpha value is -2.10. The zero-order valence-corrected chi connectivity index (χ0v) is 18.1. The largest absolute Gasteiger partial charge is 0.471 e. The summed E-state index contributed by atoms with van der Waals surface area (Å²) in [5, 5.41) is 31.7. The molecular weight excluding hydrogens is 485 g/mol. The van der Waals surface area contributed by atoms with Crippen molar-refractivity contribution >= 4 is 56.8 Å². The monoisotopic (exact) mass is 499 g/mol. The predicted octanol–water partition coefficient (Wildman–Crippen LogP) is 3.55. The van der Waals surface area contributed by atoms with Crippen molar-refractivity contribution in [1.82, 2.24) is 10.2 Å². The molecule has 0 unspecified atom stereocenters. The average molecular weight is 501 g/mol. The molecule has 1 aliphatic rings. The number of hydrogen-bond donors (Lipinski definition) is 4. The summed E-state index contributed by atoms with van der Waals surface area (Å²) in [6, 6.07) is 7.65. The molecule has 29 heavy (non-hydrogen) atoms. The smallest absolute Gasteiger partial charge is 0.284 e. The number of carbonyl (C=O) groups is 1. The van der Waals surface area contributed by atoms with Crippen molar-refractivity contribution in [3.8, 4) is 5.75 Å². The van der Waals surface area contributed by atoms with Crippen molar-refractivity contribution in [2.24, 2.45) is 0 Å². The second kappa shape index (κ2) is 8.33. The number of halogens is 3. The summed E-state index contributed by atoms with van der Waals surface area (Å²) < 4.78 is 6.06. The maximum absolute atomic E-state index is 13.1. The van der Waals surface area contributed by atoms with E-state index in [0.29, 0.717) is 15.6 Å². The summed E-state index contributed by atoms with van der Waals surface area (Å²) >= 11 is 15.9. The van der Waals surface area contributed by atoms with E-state index in [4.69, 9.17) is 33.3 Å². The first-order valence-corrected chi connectivity index (χ1v) is 9.83. The van der Waals surface area contributed by atoms with Crippen LogP contribution in [0.1, 0.15) is 21.5 Å². The molecule has 3 rings (SSSR count). The molecular formula is C19H16BrCl2N3O4. The lowest BCUT2D eigenvalue weighted by molar-refractivity contribution is -0.276. The first kappa shape index (κ1) is 21.6. The first-order valence-electron chi connectivity index (χ1n) is 8.28. The molecule has 0 aromatic heterocycles. The number of aliphatic hydroxyl groups is 2. The highest BCUT2D eigenvalue weighted by atomic mass is 79.9. The Labute approximate surface area is 185 Å². The molecule has 2 aromatic rings. The van der Waals surface area contributed by atoms with Crippen molar-refractivity contribution in [3.63, 3.8) is 0 Å². The van der Waals surface area contributed by atoms with Crippen LogP contribution in [0.25, 0.3) is 5.57 Å². The lowest BCUT2D eigenvalue weighted by Gasteiger charge is -2.40. The molecule has 0 saturated heterocycles. The second-order valence-corrected chi connectivity index (χ2v) is 7.77. The van der Waals surface area contributed by atoms with Gasteiger partial charge < -0.3 is 25.7 Å². The molecule has 0 spiro atoms. The highest BCUT2D eigenvalue weighted by Crippen LogP contribution is 2.41. The second-order valence-electron chi connectivity index (χ2n) is 6.11. The first-order chi connectivity index (χ1) is 13.7. The molecule has 7 nitrogen and oxygen atoms in total. The van der Waals surface area contributed by atoms with E-state index in [2.05, 4.69) is 21.2 Å². The zero-order chi connectivity index (χ0) is 21.3. The summed E-state index contributed by atoms with van der Waals surface area (Å²) in [6.07, 6.45) is 2.69. The number of fused-ring (bicyclic) bond motifs is 1. The Bertz CT molecular complexity index is 1000. The van der Waals surface area contributed by atoms with Crippen LogP contribution in [0.5, 0.6) is 5.75 Å². The third kappa shape index (κ3) is 3.86. The van der Waals surface area contributed by atoms with E-state index in [0.717, 1.165) is 11.1 Å². The Morgan fingerprint density at radius 1 is 1.34 bits per heavy atom. The molecule has 2 aromatic carbocycles. The fourth-order valence-corrected chi connectivity index (χ4v) is 4.06. The van der Waals surface area contributed by atoms with Gasteiger partial charge in [0, 0.05) is 25.0 Å². The summed E-state index contributed by atoms with van der Waals surface area (Å²) in [4.78, 5) is 13.8. The van der Waals surface area contributed by atoms with Gasteiger partial charge >= 0.3 is 0 Å². The molecule has 1 heterocycles. The van der Waals surface area contributed by atoms with Crippen LogP contribution < -0.4 is 10.1 Å². The van der Waals surface area contributed by atoms with E-state index in [1.54, 1.807) is 25.4 Å². The highest BCUT2D eigenvalue weighted by molar-refractivity contribution is 9.10. The molecule has 1 amide bonds. The van der Waals surface area contributed by atoms with Gasteiger partial charge in [-0.15, -0.1) is 0 Å². The van der Waals surface area contributed by atoms with Crippen LogP contribution in [0.2, 0.25) is 10.0 Å². The minimum absolute atomic E-state index is 0.00149. The molecule has 4 N–H and O–H groups in total. The Balaban J connectivity index is 2.03. The molecule has 0 atom stereocenters. The summed E-state index contributed by atoms with van der Waals surface area (Å²) in [7, 11) is 1.68. The zero-order valence-electron chi connectivity index (χ0n) is 15.0. The minimum Gasteiger partial charge on any atom is -0.471 e. The third-order valence-corrected chi connectivity index (χ3v) is 5.55. The van der Waals surface area contributed by atoms with Gasteiger partial charge in [0.1, 0.15) is 5.75 Å². The van der Waals surface area contributed by atoms with E-state index in [1.165, 1.54) is 18.2 Å². The number of benzene rings is 2. The minimum atomic E-state index is -2.63. The van der Waals surface area contributed by atoms with E-state index >= 15 is 0 Å². The number of hydrogen-bond acceptors (Lipinski definition) is 6. The number of rotatable bonds is 4. The number of amides is 1. The molecule has 1 aliphatic heterocycles. The van der Waals surface area contributed by atoms with Gasteiger partial charge in [-0.2, -0.15) is 0 Å². The van der Waals surface area contributed by atoms with Crippen molar-refractivity contribution in [3.05, 3.63) is 67.7 Å². The molecule has 0 radical (unpaired) electrons. The fraction of sp³-hybridized carbons (Fsp3) is 0.158. The number of carbonyl (C=O) groups excluding carboxylic acids is 1. The van der Waals surface area contributed by atoms with Gasteiger partial charge in [0.15, 0.2) is 6.73 Å². The van der Waals surface area contributed by atoms with Crippen LogP contribution in [0, 0.1) is 5.41 Å². The lowest BCUT2D eigenvalue weighted by Crippen LogP contribution is -2.54. The number of nitrogens with zero attached hydrogens (tertiary/aromatic N) is 1. The van der Waals surface area contributed by atoms with E-state index < -0.39 is 18.5 Å².